The van der Waals surface area contributed by atoms with Crippen LogP contribution >= 0.6 is 0 Å². The Kier molecular flexibility index (Phi) is 5.12. The molecule has 0 aliphatic heterocycles. The molecule has 3 rings (SSSR count). The lowest BCUT2D eigenvalue weighted by Crippen LogP contribution is -2.25. The molecule has 0 saturated heterocycles. The Labute approximate surface area is 157 Å². The third-order valence-corrected chi connectivity index (χ3v) is 4.14. The molecule has 7 heteroatoms. The van der Waals surface area contributed by atoms with Crippen molar-refractivity contribution in [1.82, 2.24) is 14.9 Å². The number of nitrogens with one attached hydrogen (secondary N) is 2. The molecule has 0 aliphatic rings. The van der Waals surface area contributed by atoms with E-state index in [9.17, 15) is 9.59 Å². The Morgan fingerprint density at radius 3 is 2.56 bits per heavy atom. The molecule has 2 amide bonds. The molecule has 27 heavy (non-hydrogen) atoms. The third-order valence-electron chi connectivity index (χ3n) is 4.14. The minimum absolute atomic E-state index is 0.0360. The quantitative estimate of drug-likeness (QED) is 0.735. The molecule has 3 aromatic rings. The summed E-state index contributed by atoms with van der Waals surface area (Å²) in [4.78, 5) is 28.3. The minimum Gasteiger partial charge on any atom is -0.460 e. The largest absolute Gasteiger partial charge is 0.460 e. The smallest absolute Gasteiger partial charge is 0.320 e. The highest BCUT2D eigenvalue weighted by Crippen LogP contribution is 2.32. The number of urea groups is 1. The first kappa shape index (κ1) is 18.4. The van der Waals surface area contributed by atoms with E-state index in [0.29, 0.717) is 17.3 Å². The van der Waals surface area contributed by atoms with Crippen molar-refractivity contribution in [1.29, 1.82) is 0 Å². The van der Waals surface area contributed by atoms with Crippen LogP contribution in [0.3, 0.4) is 0 Å². The van der Waals surface area contributed by atoms with Gasteiger partial charge in [-0.15, -0.1) is 0 Å². The number of pyridine rings is 2. The Morgan fingerprint density at radius 2 is 1.93 bits per heavy atom. The fourth-order valence-corrected chi connectivity index (χ4v) is 2.76. The summed E-state index contributed by atoms with van der Waals surface area (Å²) >= 11 is 0. The highest BCUT2D eigenvalue weighted by atomic mass is 16.3. The Morgan fingerprint density at radius 1 is 1.15 bits per heavy atom. The zero-order valence-electron chi connectivity index (χ0n) is 15.7. The number of furan rings is 1. The molecule has 0 radical (unpaired) electrons. The van der Waals surface area contributed by atoms with Gasteiger partial charge in [0.2, 0.25) is 0 Å². The first-order valence-corrected chi connectivity index (χ1v) is 8.68. The van der Waals surface area contributed by atoms with Crippen molar-refractivity contribution >= 4 is 11.8 Å². The standard InChI is InChI=1S/C20H22N4O3/c1-12(2)24-11-14(6-10-18(24)25)15-7-9-17(23-20(26)21-4)22-19(15)16-8-5-13(3)27-16/h5-12H,1-4H3,(H2,21,22,23,26). The predicted octanol–water partition coefficient (Wildman–Crippen LogP) is 3.81. The number of amides is 2. The van der Waals surface area contributed by atoms with Gasteiger partial charge in [-0.2, -0.15) is 0 Å². The summed E-state index contributed by atoms with van der Waals surface area (Å²) in [6.45, 7) is 5.77. The van der Waals surface area contributed by atoms with Gasteiger partial charge in [-0.1, -0.05) is 0 Å². The lowest BCUT2D eigenvalue weighted by Gasteiger charge is -2.14. The van der Waals surface area contributed by atoms with Crippen LogP contribution in [0, 0.1) is 6.92 Å². The van der Waals surface area contributed by atoms with Crippen LogP contribution in [-0.2, 0) is 0 Å². The Balaban J connectivity index is 2.16. The van der Waals surface area contributed by atoms with E-state index in [1.165, 1.54) is 7.05 Å². The fourth-order valence-electron chi connectivity index (χ4n) is 2.76. The van der Waals surface area contributed by atoms with Gasteiger partial charge in [-0.25, -0.2) is 9.78 Å². The predicted molar refractivity (Wildman–Crippen MR) is 105 cm³/mol. The molecule has 3 heterocycles. The van der Waals surface area contributed by atoms with Crippen LogP contribution in [0.1, 0.15) is 25.6 Å². The van der Waals surface area contributed by atoms with E-state index in [1.54, 1.807) is 22.8 Å². The number of aryl methyl sites for hydroxylation is 1. The molecule has 140 valence electrons. The molecule has 0 bridgehead atoms. The van der Waals surface area contributed by atoms with Crippen molar-refractivity contribution in [3.63, 3.8) is 0 Å². The molecule has 0 atom stereocenters. The van der Waals surface area contributed by atoms with Crippen LogP contribution in [-0.4, -0.2) is 22.6 Å². The van der Waals surface area contributed by atoms with E-state index in [2.05, 4.69) is 15.6 Å². The van der Waals surface area contributed by atoms with Gasteiger partial charge in [0.15, 0.2) is 5.76 Å². The summed E-state index contributed by atoms with van der Waals surface area (Å²) in [7, 11) is 1.54. The van der Waals surface area contributed by atoms with E-state index in [1.807, 2.05) is 45.2 Å². The normalized spacial score (nSPS) is 10.9. The van der Waals surface area contributed by atoms with Crippen LogP contribution in [0.2, 0.25) is 0 Å². The monoisotopic (exact) mass is 366 g/mol. The van der Waals surface area contributed by atoms with E-state index >= 15 is 0 Å². The molecule has 3 aromatic heterocycles. The fraction of sp³-hybridized carbons (Fsp3) is 0.250. The van der Waals surface area contributed by atoms with Gasteiger partial charge in [0, 0.05) is 36.5 Å². The molecule has 0 unspecified atom stereocenters. The van der Waals surface area contributed by atoms with E-state index in [4.69, 9.17) is 4.42 Å². The van der Waals surface area contributed by atoms with Crippen molar-refractivity contribution in [3.05, 3.63) is 58.7 Å². The molecular weight excluding hydrogens is 344 g/mol. The molecule has 0 aliphatic carbocycles. The second-order valence-electron chi connectivity index (χ2n) is 6.46. The number of nitrogens with zero attached hydrogens (tertiary/aromatic N) is 2. The van der Waals surface area contributed by atoms with Gasteiger partial charge >= 0.3 is 6.03 Å². The van der Waals surface area contributed by atoms with Crippen LogP contribution < -0.4 is 16.2 Å². The average Bonchev–Trinajstić information content (AvgIpc) is 3.08. The van der Waals surface area contributed by atoms with Gasteiger partial charge in [0.05, 0.1) is 0 Å². The SMILES string of the molecule is CNC(=O)Nc1ccc(-c2ccc(=O)n(C(C)C)c2)c(-c2ccc(C)o2)n1. The van der Waals surface area contributed by atoms with Gasteiger partial charge < -0.3 is 14.3 Å². The van der Waals surface area contributed by atoms with Crippen LogP contribution in [0.4, 0.5) is 10.6 Å². The molecule has 0 spiro atoms. The zero-order valence-corrected chi connectivity index (χ0v) is 15.7. The van der Waals surface area contributed by atoms with E-state index in [-0.39, 0.29) is 17.6 Å². The molecule has 7 nitrogen and oxygen atoms in total. The number of aromatic nitrogens is 2. The molecule has 2 N–H and O–H groups in total. The average molecular weight is 366 g/mol. The number of anilines is 1. The summed E-state index contributed by atoms with van der Waals surface area (Å²) < 4.78 is 7.43. The van der Waals surface area contributed by atoms with Crippen LogP contribution in [0.15, 0.2) is 51.8 Å². The summed E-state index contributed by atoms with van der Waals surface area (Å²) in [6.07, 6.45) is 1.81. The Bertz CT molecular complexity index is 1030. The number of carbonyl (C=O) groups excluding carboxylic acids is 1. The summed E-state index contributed by atoms with van der Waals surface area (Å²) in [6, 6.07) is 10.3. The number of carbonyl (C=O) groups is 1. The van der Waals surface area contributed by atoms with Crippen LogP contribution in [0.5, 0.6) is 0 Å². The second kappa shape index (κ2) is 7.49. The van der Waals surface area contributed by atoms with Gasteiger partial charge in [0.25, 0.3) is 5.56 Å². The van der Waals surface area contributed by atoms with Gasteiger partial charge in [0.1, 0.15) is 17.3 Å². The molecule has 0 aromatic carbocycles. The maximum absolute atomic E-state index is 12.1. The lowest BCUT2D eigenvalue weighted by atomic mass is 10.0. The summed E-state index contributed by atoms with van der Waals surface area (Å²) in [5, 5.41) is 5.17. The van der Waals surface area contributed by atoms with Crippen molar-refractivity contribution in [2.75, 3.05) is 12.4 Å². The van der Waals surface area contributed by atoms with E-state index < -0.39 is 0 Å². The van der Waals surface area contributed by atoms with Crippen molar-refractivity contribution in [3.8, 4) is 22.6 Å². The highest BCUT2D eigenvalue weighted by molar-refractivity contribution is 5.89. The Hall–Kier alpha value is -3.35. The van der Waals surface area contributed by atoms with Crippen LogP contribution in [0.25, 0.3) is 22.6 Å². The number of hydrogen-bond acceptors (Lipinski definition) is 4. The maximum atomic E-state index is 12.1. The van der Waals surface area contributed by atoms with Gasteiger partial charge in [-0.3, -0.25) is 10.1 Å². The van der Waals surface area contributed by atoms with Crippen molar-refractivity contribution in [2.24, 2.45) is 0 Å². The summed E-state index contributed by atoms with van der Waals surface area (Å²) in [5.74, 6) is 1.75. The topological polar surface area (TPSA) is 89.2 Å². The van der Waals surface area contributed by atoms with E-state index in [0.717, 1.165) is 16.9 Å². The second-order valence-corrected chi connectivity index (χ2v) is 6.46. The highest BCUT2D eigenvalue weighted by Gasteiger charge is 2.15. The molecule has 0 saturated carbocycles. The summed E-state index contributed by atoms with van der Waals surface area (Å²) in [5.41, 5.74) is 2.17. The number of hydrogen-bond donors (Lipinski definition) is 2. The van der Waals surface area contributed by atoms with Gasteiger partial charge in [-0.05, 0) is 51.1 Å². The van der Waals surface area contributed by atoms with Crippen molar-refractivity contribution < 1.29 is 9.21 Å². The third kappa shape index (κ3) is 3.92. The maximum Gasteiger partial charge on any atom is 0.320 e. The first-order chi connectivity index (χ1) is 12.9. The van der Waals surface area contributed by atoms with Crippen molar-refractivity contribution in [2.45, 2.75) is 26.8 Å². The lowest BCUT2D eigenvalue weighted by molar-refractivity contribution is 0.254. The first-order valence-electron chi connectivity index (χ1n) is 8.68. The molecular formula is C20H22N4O3. The number of rotatable bonds is 4. The molecule has 0 fully saturated rings. The minimum atomic E-state index is -0.356. The zero-order chi connectivity index (χ0) is 19.6.